The molecule has 0 spiro atoms. The minimum absolute atomic E-state index is 0.758. The molecule has 1 rings (SSSR count). The molecule has 0 aromatic rings. The number of nitrogens with zero attached hydrogens (tertiary/aromatic N) is 1. The normalized spacial score (nSPS) is 14.9. The molecule has 0 saturated heterocycles. The second kappa shape index (κ2) is 26.0. The quantitative estimate of drug-likeness (QED) is 0.0905. The first-order valence-corrected chi connectivity index (χ1v) is 15.9. The summed E-state index contributed by atoms with van der Waals surface area (Å²) in [6.45, 7) is 7.20. The molecule has 204 valence electrons. The summed E-state index contributed by atoms with van der Waals surface area (Å²) in [7, 11) is 0. The molecule has 3 nitrogen and oxygen atoms in total. The summed E-state index contributed by atoms with van der Waals surface area (Å²) in [5, 5.41) is 1.89. The summed E-state index contributed by atoms with van der Waals surface area (Å²) in [4.78, 5) is 12.2. The lowest BCUT2D eigenvalue weighted by atomic mass is 9.89. The van der Waals surface area contributed by atoms with Gasteiger partial charge in [-0.15, -0.1) is 0 Å². The molecule has 0 N–H and O–H groups in total. The maximum Gasteiger partial charge on any atom is 0.0711 e. The highest BCUT2D eigenvalue weighted by Gasteiger charge is 2.18. The summed E-state index contributed by atoms with van der Waals surface area (Å²) in [5.74, 6) is 0.758. The van der Waals surface area contributed by atoms with Crippen molar-refractivity contribution in [3.63, 3.8) is 0 Å². The van der Waals surface area contributed by atoms with Crippen LogP contribution in [0.2, 0.25) is 0 Å². The van der Waals surface area contributed by atoms with Crippen LogP contribution in [-0.2, 0) is 9.68 Å². The molecule has 1 aliphatic rings. The van der Waals surface area contributed by atoms with Crippen LogP contribution in [0.3, 0.4) is 0 Å². The summed E-state index contributed by atoms with van der Waals surface area (Å²) in [6, 6.07) is 0. The fourth-order valence-corrected chi connectivity index (χ4v) is 5.23. The van der Waals surface area contributed by atoms with E-state index in [2.05, 4.69) is 13.8 Å². The number of hydrogen-bond donors (Lipinski definition) is 0. The lowest BCUT2D eigenvalue weighted by Crippen LogP contribution is -2.32. The van der Waals surface area contributed by atoms with Crippen molar-refractivity contribution >= 4 is 0 Å². The predicted molar refractivity (Wildman–Crippen MR) is 149 cm³/mol. The first kappa shape index (κ1) is 31.9. The van der Waals surface area contributed by atoms with Gasteiger partial charge in [0.05, 0.1) is 19.8 Å². The molecule has 0 radical (unpaired) electrons. The van der Waals surface area contributed by atoms with Gasteiger partial charge in [-0.3, -0.25) is 9.68 Å². The van der Waals surface area contributed by atoms with Gasteiger partial charge in [0.2, 0.25) is 0 Å². The van der Waals surface area contributed by atoms with E-state index >= 15 is 0 Å². The summed E-state index contributed by atoms with van der Waals surface area (Å²) >= 11 is 0. The fraction of sp³-hybridized carbons (Fsp3) is 1.00. The van der Waals surface area contributed by atoms with Crippen molar-refractivity contribution in [2.75, 3.05) is 19.8 Å². The van der Waals surface area contributed by atoms with E-state index in [9.17, 15) is 0 Å². The van der Waals surface area contributed by atoms with E-state index < -0.39 is 0 Å². The van der Waals surface area contributed by atoms with Crippen molar-refractivity contribution in [2.45, 2.75) is 174 Å². The van der Waals surface area contributed by atoms with E-state index in [4.69, 9.17) is 9.68 Å². The SMILES string of the molecule is CCCCCCCCCCCCON(CC1CCCCC1)OCCCCCCCCCCCC. The standard InChI is InChI=1S/C31H63NO2/c1-3-5-7-9-11-13-15-17-19-24-28-33-32(30-31-26-22-21-23-27-31)34-29-25-20-18-16-14-12-10-8-6-4-2/h31H,3-30H2,1-2H3. The van der Waals surface area contributed by atoms with Crippen LogP contribution in [0.25, 0.3) is 0 Å². The van der Waals surface area contributed by atoms with Crippen molar-refractivity contribution in [1.29, 1.82) is 0 Å². The molecule has 0 unspecified atom stereocenters. The van der Waals surface area contributed by atoms with Gasteiger partial charge in [-0.1, -0.05) is 154 Å². The average Bonchev–Trinajstić information content (AvgIpc) is 2.86. The van der Waals surface area contributed by atoms with Crippen molar-refractivity contribution in [3.05, 3.63) is 0 Å². The lowest BCUT2D eigenvalue weighted by Gasteiger charge is -2.28. The maximum atomic E-state index is 6.12. The second-order valence-corrected chi connectivity index (χ2v) is 11.0. The highest BCUT2D eigenvalue weighted by molar-refractivity contribution is 4.66. The van der Waals surface area contributed by atoms with Crippen LogP contribution in [0.4, 0.5) is 0 Å². The maximum absolute atomic E-state index is 6.12. The van der Waals surface area contributed by atoms with Gasteiger partial charge in [-0.2, -0.15) is 0 Å². The Morgan fingerprint density at radius 3 is 1.21 bits per heavy atom. The summed E-state index contributed by atoms with van der Waals surface area (Å²) in [5.41, 5.74) is 0. The Hall–Kier alpha value is -0.120. The van der Waals surface area contributed by atoms with Crippen LogP contribution in [0.5, 0.6) is 0 Å². The monoisotopic (exact) mass is 481 g/mol. The number of rotatable bonds is 26. The van der Waals surface area contributed by atoms with E-state index in [1.807, 2.05) is 5.23 Å². The minimum Gasteiger partial charge on any atom is -0.274 e. The van der Waals surface area contributed by atoms with Crippen molar-refractivity contribution in [2.24, 2.45) is 5.92 Å². The van der Waals surface area contributed by atoms with E-state index in [-0.39, 0.29) is 0 Å². The van der Waals surface area contributed by atoms with Gasteiger partial charge in [0.25, 0.3) is 0 Å². The Labute approximate surface area is 215 Å². The minimum atomic E-state index is 0.758. The Bertz CT molecular complexity index is 358. The predicted octanol–water partition coefficient (Wildman–Crippen LogP) is 10.6. The van der Waals surface area contributed by atoms with Crippen LogP contribution < -0.4 is 0 Å². The number of hydrogen-bond acceptors (Lipinski definition) is 3. The van der Waals surface area contributed by atoms with Gasteiger partial charge in [0, 0.05) is 0 Å². The van der Waals surface area contributed by atoms with E-state index in [0.29, 0.717) is 0 Å². The second-order valence-electron chi connectivity index (χ2n) is 11.0. The molecule has 0 bridgehead atoms. The zero-order valence-electron chi connectivity index (χ0n) is 23.6. The molecule has 34 heavy (non-hydrogen) atoms. The van der Waals surface area contributed by atoms with Crippen LogP contribution >= 0.6 is 0 Å². The molecule has 0 heterocycles. The zero-order valence-corrected chi connectivity index (χ0v) is 23.6. The average molecular weight is 482 g/mol. The van der Waals surface area contributed by atoms with Crippen LogP contribution in [-0.4, -0.2) is 25.0 Å². The molecule has 1 saturated carbocycles. The Morgan fingerprint density at radius 1 is 0.471 bits per heavy atom. The smallest absolute Gasteiger partial charge is 0.0711 e. The van der Waals surface area contributed by atoms with E-state index in [1.54, 1.807) is 0 Å². The van der Waals surface area contributed by atoms with Gasteiger partial charge in [0.15, 0.2) is 0 Å². The van der Waals surface area contributed by atoms with Gasteiger partial charge < -0.3 is 0 Å². The Morgan fingerprint density at radius 2 is 0.824 bits per heavy atom. The third kappa shape index (κ3) is 21.2. The Kier molecular flexibility index (Phi) is 24.4. The molecular formula is C31H63NO2. The fourth-order valence-electron chi connectivity index (χ4n) is 5.23. The van der Waals surface area contributed by atoms with E-state index in [1.165, 1.54) is 161 Å². The third-order valence-electron chi connectivity index (χ3n) is 7.60. The third-order valence-corrected chi connectivity index (χ3v) is 7.60. The van der Waals surface area contributed by atoms with Crippen molar-refractivity contribution in [1.82, 2.24) is 5.23 Å². The van der Waals surface area contributed by atoms with Crippen LogP contribution in [0.15, 0.2) is 0 Å². The highest BCUT2D eigenvalue weighted by Crippen LogP contribution is 2.25. The van der Waals surface area contributed by atoms with Gasteiger partial charge in [0.1, 0.15) is 0 Å². The van der Waals surface area contributed by atoms with Gasteiger partial charge >= 0.3 is 0 Å². The molecule has 0 aromatic carbocycles. The van der Waals surface area contributed by atoms with Crippen LogP contribution in [0.1, 0.15) is 174 Å². The summed E-state index contributed by atoms with van der Waals surface area (Å²) < 4.78 is 0. The first-order chi connectivity index (χ1) is 16.9. The number of hydroxylamine groups is 2. The lowest BCUT2D eigenvalue weighted by molar-refractivity contribution is -0.373. The van der Waals surface area contributed by atoms with Crippen molar-refractivity contribution in [3.8, 4) is 0 Å². The molecule has 0 atom stereocenters. The molecular weight excluding hydrogens is 418 g/mol. The summed E-state index contributed by atoms with van der Waals surface area (Å²) in [6.07, 6.45) is 34.3. The molecule has 0 amide bonds. The highest BCUT2D eigenvalue weighted by atomic mass is 16.9. The molecule has 0 aliphatic heterocycles. The Balaban J connectivity index is 2.04. The molecule has 0 aromatic heterocycles. The topological polar surface area (TPSA) is 21.7 Å². The van der Waals surface area contributed by atoms with Crippen molar-refractivity contribution < 1.29 is 9.68 Å². The van der Waals surface area contributed by atoms with E-state index in [0.717, 1.165) is 25.7 Å². The largest absolute Gasteiger partial charge is 0.274 e. The van der Waals surface area contributed by atoms with Crippen LogP contribution in [0, 0.1) is 5.92 Å². The first-order valence-electron chi connectivity index (χ1n) is 15.9. The zero-order chi connectivity index (χ0) is 24.4. The number of unbranched alkanes of at least 4 members (excludes halogenated alkanes) is 18. The van der Waals surface area contributed by atoms with Gasteiger partial charge in [-0.25, -0.2) is 0 Å². The molecule has 1 fully saturated rings. The van der Waals surface area contributed by atoms with Gasteiger partial charge in [-0.05, 0) is 31.6 Å². The molecule has 1 aliphatic carbocycles. The molecule has 3 heteroatoms.